The molecule has 1 saturated carbocycles. The summed E-state index contributed by atoms with van der Waals surface area (Å²) in [5.74, 6) is 0.932. The average Bonchev–Trinajstić information content (AvgIpc) is 2.79. The molecule has 1 aromatic rings. The van der Waals surface area contributed by atoms with E-state index in [1.807, 2.05) is 6.92 Å². The first kappa shape index (κ1) is 16.1. The Kier molecular flexibility index (Phi) is 4.20. The molecule has 0 radical (unpaired) electrons. The van der Waals surface area contributed by atoms with E-state index >= 15 is 0 Å². The van der Waals surface area contributed by atoms with Gasteiger partial charge in [0.1, 0.15) is 11.5 Å². The number of anilines is 1. The summed E-state index contributed by atoms with van der Waals surface area (Å²) in [5, 5.41) is 6.43. The van der Waals surface area contributed by atoms with E-state index in [4.69, 9.17) is 11.6 Å². The molecule has 1 fully saturated rings. The van der Waals surface area contributed by atoms with Crippen molar-refractivity contribution in [3.8, 4) is 0 Å². The second kappa shape index (κ2) is 5.48. The lowest BCUT2D eigenvalue weighted by Gasteiger charge is -2.09. The molecule has 0 bridgehead atoms. The highest BCUT2D eigenvalue weighted by atomic mass is 35.5. The van der Waals surface area contributed by atoms with Crippen molar-refractivity contribution in [2.75, 3.05) is 18.4 Å². The Balaban J connectivity index is 2.03. The lowest BCUT2D eigenvalue weighted by molar-refractivity contribution is 0.0945. The first-order valence-corrected chi connectivity index (χ1v) is 7.78. The largest absolute Gasteiger partial charge is 0.370 e. The number of hydrogen-bond donors (Lipinski definition) is 2. The Bertz CT molecular complexity index is 540. The molecule has 0 atom stereocenters. The van der Waals surface area contributed by atoms with Crippen LogP contribution in [0.3, 0.4) is 0 Å². The molecule has 0 unspecified atom stereocenters. The maximum Gasteiger partial charge on any atom is 0.271 e. The van der Waals surface area contributed by atoms with E-state index in [0.29, 0.717) is 23.3 Å². The van der Waals surface area contributed by atoms with Crippen LogP contribution in [0.25, 0.3) is 0 Å². The van der Waals surface area contributed by atoms with E-state index in [1.54, 1.807) is 12.1 Å². The lowest BCUT2D eigenvalue weighted by Crippen LogP contribution is -2.28. The van der Waals surface area contributed by atoms with Crippen molar-refractivity contribution in [1.29, 1.82) is 0 Å². The van der Waals surface area contributed by atoms with E-state index in [0.717, 1.165) is 6.54 Å². The van der Waals surface area contributed by atoms with Gasteiger partial charge in [0.15, 0.2) is 0 Å². The van der Waals surface area contributed by atoms with Gasteiger partial charge in [0.05, 0.1) is 5.02 Å². The summed E-state index contributed by atoms with van der Waals surface area (Å²) in [6.07, 6.45) is 0. The number of nitrogens with zero attached hydrogens (tertiary/aromatic N) is 1. The van der Waals surface area contributed by atoms with E-state index in [1.165, 1.54) is 0 Å². The third-order valence-electron chi connectivity index (χ3n) is 5.21. The van der Waals surface area contributed by atoms with Crippen LogP contribution in [0, 0.1) is 16.7 Å². The van der Waals surface area contributed by atoms with Gasteiger partial charge >= 0.3 is 0 Å². The van der Waals surface area contributed by atoms with Crippen LogP contribution in [-0.2, 0) is 0 Å². The number of nitrogens with one attached hydrogen (secondary N) is 2. The van der Waals surface area contributed by atoms with Crippen molar-refractivity contribution >= 4 is 23.3 Å². The van der Waals surface area contributed by atoms with Gasteiger partial charge in [-0.15, -0.1) is 0 Å². The van der Waals surface area contributed by atoms with Gasteiger partial charge in [-0.3, -0.25) is 4.79 Å². The van der Waals surface area contributed by atoms with Gasteiger partial charge in [0, 0.05) is 13.1 Å². The molecule has 2 rings (SSSR count). The fraction of sp³-hybridized carbons (Fsp3) is 0.625. The Morgan fingerprint density at radius 3 is 2.43 bits per heavy atom. The van der Waals surface area contributed by atoms with Crippen LogP contribution in [-0.4, -0.2) is 24.0 Å². The highest BCUT2D eigenvalue weighted by Gasteiger charge is 2.64. The van der Waals surface area contributed by atoms with E-state index in [2.05, 4.69) is 43.3 Å². The quantitative estimate of drug-likeness (QED) is 0.874. The fourth-order valence-corrected chi connectivity index (χ4v) is 3.19. The van der Waals surface area contributed by atoms with Gasteiger partial charge in [-0.05, 0) is 35.8 Å². The Morgan fingerprint density at radius 1 is 1.29 bits per heavy atom. The van der Waals surface area contributed by atoms with E-state index < -0.39 is 0 Å². The molecule has 1 aromatic heterocycles. The normalized spacial score (nSPS) is 19.1. The van der Waals surface area contributed by atoms with Gasteiger partial charge < -0.3 is 10.6 Å². The van der Waals surface area contributed by atoms with Gasteiger partial charge in [-0.2, -0.15) is 0 Å². The summed E-state index contributed by atoms with van der Waals surface area (Å²) >= 11 is 6.08. The van der Waals surface area contributed by atoms with Crippen LogP contribution >= 0.6 is 11.6 Å². The summed E-state index contributed by atoms with van der Waals surface area (Å²) in [4.78, 5) is 16.6. The van der Waals surface area contributed by atoms with Crippen molar-refractivity contribution in [1.82, 2.24) is 10.3 Å². The Morgan fingerprint density at radius 2 is 1.90 bits per heavy atom. The van der Waals surface area contributed by atoms with Gasteiger partial charge in [0.2, 0.25) is 0 Å². The highest BCUT2D eigenvalue weighted by Crippen LogP contribution is 2.67. The number of aromatic nitrogens is 1. The van der Waals surface area contributed by atoms with Crippen molar-refractivity contribution in [2.24, 2.45) is 16.7 Å². The number of carbonyl (C=O) groups is 1. The zero-order chi connectivity index (χ0) is 15.8. The van der Waals surface area contributed by atoms with Gasteiger partial charge in [0.25, 0.3) is 5.91 Å². The zero-order valence-corrected chi connectivity index (χ0v) is 14.1. The number of rotatable bonds is 5. The van der Waals surface area contributed by atoms with Crippen LogP contribution in [0.2, 0.25) is 5.02 Å². The topological polar surface area (TPSA) is 54.0 Å². The number of amides is 1. The SMILES string of the molecule is CCNc1ccc(Cl)c(C(=O)NCC2C(C)(C)C2(C)C)n1. The lowest BCUT2D eigenvalue weighted by atomic mass is 10.0. The molecule has 4 nitrogen and oxygen atoms in total. The Hall–Kier alpha value is -1.29. The van der Waals surface area contributed by atoms with E-state index in [-0.39, 0.29) is 22.4 Å². The van der Waals surface area contributed by atoms with Crippen LogP contribution < -0.4 is 10.6 Å². The number of halogens is 1. The minimum absolute atomic E-state index is 0.210. The van der Waals surface area contributed by atoms with Crippen LogP contribution in [0.5, 0.6) is 0 Å². The van der Waals surface area contributed by atoms with Crippen molar-refractivity contribution in [3.63, 3.8) is 0 Å². The smallest absolute Gasteiger partial charge is 0.271 e. The molecule has 1 aliphatic rings. The van der Waals surface area contributed by atoms with Crippen molar-refractivity contribution in [2.45, 2.75) is 34.6 Å². The molecule has 0 aromatic carbocycles. The molecule has 0 aliphatic heterocycles. The molecule has 1 amide bonds. The predicted octanol–water partition coefficient (Wildman–Crippen LogP) is 3.58. The molecule has 1 aliphatic carbocycles. The van der Waals surface area contributed by atoms with Crippen LogP contribution in [0.15, 0.2) is 12.1 Å². The first-order valence-electron chi connectivity index (χ1n) is 7.40. The summed E-state index contributed by atoms with van der Waals surface area (Å²) in [6.45, 7) is 12.3. The molecular formula is C16H24ClN3O. The molecule has 0 spiro atoms. The Labute approximate surface area is 131 Å². The van der Waals surface area contributed by atoms with Crippen molar-refractivity contribution < 1.29 is 4.79 Å². The third kappa shape index (κ3) is 2.86. The number of hydrogen-bond acceptors (Lipinski definition) is 3. The second-order valence-corrected chi connectivity index (χ2v) is 7.17. The monoisotopic (exact) mass is 309 g/mol. The summed E-state index contributed by atoms with van der Waals surface area (Å²) < 4.78 is 0. The van der Waals surface area contributed by atoms with Crippen molar-refractivity contribution in [3.05, 3.63) is 22.8 Å². The maximum absolute atomic E-state index is 12.3. The molecule has 5 heteroatoms. The third-order valence-corrected chi connectivity index (χ3v) is 5.51. The fourth-order valence-electron chi connectivity index (χ4n) is 3.00. The summed E-state index contributed by atoms with van der Waals surface area (Å²) in [6, 6.07) is 3.47. The second-order valence-electron chi connectivity index (χ2n) is 6.76. The molecule has 116 valence electrons. The molecule has 21 heavy (non-hydrogen) atoms. The first-order chi connectivity index (χ1) is 9.71. The zero-order valence-electron chi connectivity index (χ0n) is 13.4. The summed E-state index contributed by atoms with van der Waals surface area (Å²) in [7, 11) is 0. The van der Waals surface area contributed by atoms with Crippen LogP contribution in [0.4, 0.5) is 5.82 Å². The van der Waals surface area contributed by atoms with Gasteiger partial charge in [-0.25, -0.2) is 4.98 Å². The number of pyridine rings is 1. The van der Waals surface area contributed by atoms with Gasteiger partial charge in [-0.1, -0.05) is 39.3 Å². The molecule has 0 saturated heterocycles. The number of carbonyl (C=O) groups excluding carboxylic acids is 1. The average molecular weight is 310 g/mol. The minimum Gasteiger partial charge on any atom is -0.370 e. The molecule has 2 N–H and O–H groups in total. The highest BCUT2D eigenvalue weighted by molar-refractivity contribution is 6.33. The van der Waals surface area contributed by atoms with Crippen LogP contribution in [0.1, 0.15) is 45.1 Å². The summed E-state index contributed by atoms with van der Waals surface area (Å²) in [5.41, 5.74) is 0.790. The van der Waals surface area contributed by atoms with E-state index in [9.17, 15) is 4.79 Å². The molecule has 1 heterocycles. The molecular weight excluding hydrogens is 286 g/mol. The predicted molar refractivity (Wildman–Crippen MR) is 86.8 cm³/mol. The maximum atomic E-state index is 12.3. The minimum atomic E-state index is -0.210. The standard InChI is InChI=1S/C16H24ClN3O/c1-6-18-12-8-7-10(17)13(20-12)14(21)19-9-11-15(2,3)16(11,4)5/h7-8,11H,6,9H2,1-5H3,(H,18,20)(H,19,21).